The van der Waals surface area contributed by atoms with Gasteiger partial charge in [-0.2, -0.15) is 0 Å². The quantitative estimate of drug-likeness (QED) is 0.579. The van der Waals surface area contributed by atoms with Crippen LogP contribution in [0, 0.1) is 12.7 Å². The van der Waals surface area contributed by atoms with E-state index in [0.29, 0.717) is 6.54 Å². The van der Waals surface area contributed by atoms with Crippen molar-refractivity contribution in [3.05, 3.63) is 29.6 Å². The molecule has 1 heterocycles. The van der Waals surface area contributed by atoms with Crippen molar-refractivity contribution in [2.24, 2.45) is 0 Å². The summed E-state index contributed by atoms with van der Waals surface area (Å²) in [4.78, 5) is -0.0242. The molecule has 24 heavy (non-hydrogen) atoms. The summed E-state index contributed by atoms with van der Waals surface area (Å²) in [6.45, 7) is 4.13. The first-order chi connectivity index (χ1) is 11.2. The zero-order valence-corrected chi connectivity index (χ0v) is 15.6. The van der Waals surface area contributed by atoms with Crippen molar-refractivity contribution in [2.45, 2.75) is 49.3 Å². The molecule has 1 aliphatic heterocycles. The number of halogens is 1. The van der Waals surface area contributed by atoms with E-state index < -0.39 is 42.5 Å². The van der Waals surface area contributed by atoms with E-state index >= 15 is 0 Å². The molecule has 0 unspecified atom stereocenters. The van der Waals surface area contributed by atoms with E-state index in [-0.39, 0.29) is 16.2 Å². The first-order valence-corrected chi connectivity index (χ1v) is 11.5. The van der Waals surface area contributed by atoms with E-state index in [1.807, 2.05) is 0 Å². The van der Waals surface area contributed by atoms with Gasteiger partial charge in [-0.05, 0) is 43.7 Å². The lowest BCUT2D eigenvalue weighted by Crippen LogP contribution is -2.43. The van der Waals surface area contributed by atoms with E-state index in [4.69, 9.17) is 0 Å². The van der Waals surface area contributed by atoms with E-state index in [1.54, 1.807) is 0 Å². The molecule has 1 aromatic carbocycles. The van der Waals surface area contributed by atoms with Gasteiger partial charge in [0.1, 0.15) is 5.82 Å². The van der Waals surface area contributed by atoms with Gasteiger partial charge in [-0.25, -0.2) is 21.2 Å². The molecule has 0 spiro atoms. The second-order valence-corrected chi connectivity index (χ2v) is 10.7. The van der Waals surface area contributed by atoms with Crippen molar-refractivity contribution in [1.29, 1.82) is 0 Å². The van der Waals surface area contributed by atoms with E-state index in [9.17, 15) is 21.2 Å². The highest BCUT2D eigenvalue weighted by atomic mass is 32.2. The summed E-state index contributed by atoms with van der Waals surface area (Å²) >= 11 is 0. The number of hydrogen-bond donors (Lipinski definition) is 1. The summed E-state index contributed by atoms with van der Waals surface area (Å²) in [7, 11) is -7.26. The Balaban J connectivity index is 2.26. The van der Waals surface area contributed by atoms with Gasteiger partial charge < -0.3 is 5.32 Å². The number of aryl methyl sites for hydroxylation is 1. The highest BCUT2D eigenvalue weighted by Crippen LogP contribution is 2.27. The SMILES string of the molecule is CCCCCN[C@@H]1CS(=O)(=O)C[C@H]1S(=O)(=O)c1ccc(F)c(C)c1. The van der Waals surface area contributed by atoms with Crippen molar-refractivity contribution in [3.8, 4) is 0 Å². The molecule has 0 aliphatic carbocycles. The summed E-state index contributed by atoms with van der Waals surface area (Å²) in [5.74, 6) is -1.05. The maximum absolute atomic E-state index is 13.4. The standard InChI is InChI=1S/C16H24FNO4S2/c1-3-4-5-8-18-15-10-23(19,20)11-16(15)24(21,22)13-6-7-14(17)12(2)9-13/h6-7,9,15-16,18H,3-5,8,10-11H2,1-2H3/t15-,16-/m1/s1. The minimum atomic E-state index is -3.85. The van der Waals surface area contributed by atoms with E-state index in [0.717, 1.165) is 25.3 Å². The molecule has 136 valence electrons. The molecule has 1 fully saturated rings. The third-order valence-corrected chi connectivity index (χ3v) is 8.49. The van der Waals surface area contributed by atoms with Crippen LogP contribution in [0.4, 0.5) is 4.39 Å². The van der Waals surface area contributed by atoms with Gasteiger partial charge in [0, 0.05) is 6.04 Å². The first-order valence-electron chi connectivity index (χ1n) is 8.11. The summed E-state index contributed by atoms with van der Waals surface area (Å²) in [5.41, 5.74) is 0.226. The van der Waals surface area contributed by atoms with E-state index in [1.165, 1.54) is 19.1 Å². The van der Waals surface area contributed by atoms with Gasteiger partial charge in [-0.1, -0.05) is 19.8 Å². The zero-order chi connectivity index (χ0) is 18.0. The molecular weight excluding hydrogens is 353 g/mol. The maximum Gasteiger partial charge on any atom is 0.183 e. The van der Waals surface area contributed by atoms with Gasteiger partial charge in [0.05, 0.1) is 21.7 Å². The van der Waals surface area contributed by atoms with Gasteiger partial charge >= 0.3 is 0 Å². The summed E-state index contributed by atoms with van der Waals surface area (Å²) in [6.07, 6.45) is 2.90. The molecule has 8 heteroatoms. The van der Waals surface area contributed by atoms with Crippen LogP contribution in [0.25, 0.3) is 0 Å². The van der Waals surface area contributed by atoms with Crippen molar-refractivity contribution in [1.82, 2.24) is 5.32 Å². The van der Waals surface area contributed by atoms with Crippen LogP contribution >= 0.6 is 0 Å². The number of rotatable bonds is 7. The van der Waals surface area contributed by atoms with Gasteiger partial charge in [0.25, 0.3) is 0 Å². The van der Waals surface area contributed by atoms with Crippen LogP contribution in [-0.4, -0.2) is 46.2 Å². The number of unbranched alkanes of at least 4 members (excludes halogenated alkanes) is 2. The van der Waals surface area contributed by atoms with Crippen molar-refractivity contribution >= 4 is 19.7 Å². The van der Waals surface area contributed by atoms with Crippen molar-refractivity contribution < 1.29 is 21.2 Å². The molecule has 1 N–H and O–H groups in total. The van der Waals surface area contributed by atoms with Gasteiger partial charge in [0.15, 0.2) is 19.7 Å². The molecule has 2 atom stereocenters. The minimum absolute atomic E-state index is 0.0242. The van der Waals surface area contributed by atoms with Crippen LogP contribution in [0.1, 0.15) is 31.7 Å². The Kier molecular flexibility index (Phi) is 6.04. The molecule has 0 aromatic heterocycles. The number of sulfone groups is 2. The Labute approximate surface area is 143 Å². The molecule has 0 amide bonds. The van der Waals surface area contributed by atoms with Crippen LogP contribution in [0.15, 0.2) is 23.1 Å². The third kappa shape index (κ3) is 4.34. The topological polar surface area (TPSA) is 80.3 Å². The molecule has 1 aliphatic rings. The minimum Gasteiger partial charge on any atom is -0.312 e. The third-order valence-electron chi connectivity index (χ3n) is 4.34. The summed E-state index contributed by atoms with van der Waals surface area (Å²) in [5, 5.41) is 2.06. The number of hydrogen-bond acceptors (Lipinski definition) is 5. The fourth-order valence-corrected chi connectivity index (χ4v) is 7.74. The maximum atomic E-state index is 13.4. The Hall–Kier alpha value is -0.990. The Morgan fingerprint density at radius 1 is 1.25 bits per heavy atom. The van der Waals surface area contributed by atoms with Crippen LogP contribution in [0.5, 0.6) is 0 Å². The lowest BCUT2D eigenvalue weighted by molar-refractivity contribution is 0.512. The summed E-state index contributed by atoms with van der Waals surface area (Å²) in [6, 6.07) is 2.96. The van der Waals surface area contributed by atoms with Crippen LogP contribution < -0.4 is 5.32 Å². The lowest BCUT2D eigenvalue weighted by atomic mass is 10.2. The number of benzene rings is 1. The second-order valence-electron chi connectivity index (χ2n) is 6.34. The predicted octanol–water partition coefficient (Wildman–Crippen LogP) is 1.85. The Morgan fingerprint density at radius 3 is 2.58 bits per heavy atom. The van der Waals surface area contributed by atoms with Crippen LogP contribution in [-0.2, 0) is 19.7 Å². The second kappa shape index (κ2) is 7.49. The Bertz CT molecular complexity index is 790. The molecule has 0 bridgehead atoms. The van der Waals surface area contributed by atoms with Crippen LogP contribution in [0.3, 0.4) is 0 Å². The molecule has 0 radical (unpaired) electrons. The Morgan fingerprint density at radius 2 is 1.96 bits per heavy atom. The first kappa shape index (κ1) is 19.3. The normalized spacial score (nSPS) is 23.5. The summed E-state index contributed by atoms with van der Waals surface area (Å²) < 4.78 is 63.1. The van der Waals surface area contributed by atoms with Crippen molar-refractivity contribution in [2.75, 3.05) is 18.1 Å². The number of nitrogens with one attached hydrogen (secondary N) is 1. The largest absolute Gasteiger partial charge is 0.312 e. The van der Waals surface area contributed by atoms with E-state index in [2.05, 4.69) is 12.2 Å². The predicted molar refractivity (Wildman–Crippen MR) is 92.1 cm³/mol. The fourth-order valence-electron chi connectivity index (χ4n) is 2.94. The lowest BCUT2D eigenvalue weighted by Gasteiger charge is -2.20. The molecule has 1 aromatic rings. The van der Waals surface area contributed by atoms with Gasteiger partial charge in [0.2, 0.25) is 0 Å². The van der Waals surface area contributed by atoms with Gasteiger partial charge in [-0.15, -0.1) is 0 Å². The molecule has 2 rings (SSSR count). The molecule has 0 saturated carbocycles. The average molecular weight is 378 g/mol. The van der Waals surface area contributed by atoms with Crippen LogP contribution in [0.2, 0.25) is 0 Å². The molecule has 1 saturated heterocycles. The fraction of sp³-hybridized carbons (Fsp3) is 0.625. The highest BCUT2D eigenvalue weighted by molar-refractivity contribution is 7.96. The molecular formula is C16H24FNO4S2. The monoisotopic (exact) mass is 377 g/mol. The molecule has 5 nitrogen and oxygen atoms in total. The zero-order valence-electron chi connectivity index (χ0n) is 14.0. The highest BCUT2D eigenvalue weighted by Gasteiger charge is 2.45. The van der Waals surface area contributed by atoms with Crippen molar-refractivity contribution in [3.63, 3.8) is 0 Å². The smallest absolute Gasteiger partial charge is 0.183 e. The average Bonchev–Trinajstić information content (AvgIpc) is 2.82. The van der Waals surface area contributed by atoms with Gasteiger partial charge in [-0.3, -0.25) is 0 Å².